The summed E-state index contributed by atoms with van der Waals surface area (Å²) in [7, 11) is 0. The SMILES string of the molecule is Fc1c(F)c2c(F)c(F)c(F)c3c4cccc5cccc(c(c1F)c23)c54. The van der Waals surface area contributed by atoms with Crippen molar-refractivity contribution in [2.45, 2.75) is 0 Å². The molecule has 0 aliphatic rings. The lowest BCUT2D eigenvalue weighted by Gasteiger charge is -2.17. The summed E-state index contributed by atoms with van der Waals surface area (Å²) in [5, 5.41) is -1.30. The van der Waals surface area contributed by atoms with Gasteiger partial charge in [-0.25, -0.2) is 26.3 Å². The number of halogens is 6. The first-order valence-corrected chi connectivity index (χ1v) is 7.62. The second-order valence-corrected chi connectivity index (χ2v) is 6.09. The van der Waals surface area contributed by atoms with E-state index in [1.807, 2.05) is 0 Å². The Morgan fingerprint density at radius 1 is 0.385 bits per heavy atom. The highest BCUT2D eigenvalue weighted by molar-refractivity contribution is 6.33. The fraction of sp³-hybridized carbons (Fsp3) is 0. The normalized spacial score (nSPS) is 12.2. The van der Waals surface area contributed by atoms with Gasteiger partial charge in [-0.15, -0.1) is 0 Å². The van der Waals surface area contributed by atoms with Gasteiger partial charge in [0.05, 0.1) is 5.39 Å². The molecular formula is C20H6F6. The molecule has 0 aliphatic carbocycles. The molecule has 0 spiro atoms. The van der Waals surface area contributed by atoms with Gasteiger partial charge in [-0.2, -0.15) is 0 Å². The maximum Gasteiger partial charge on any atom is 0.195 e. The maximum atomic E-state index is 14.6. The molecule has 0 fully saturated rings. The Balaban J connectivity index is 2.36. The maximum absolute atomic E-state index is 14.6. The van der Waals surface area contributed by atoms with Gasteiger partial charge in [-0.3, -0.25) is 0 Å². The number of fused-ring (bicyclic) bond motifs is 2. The zero-order chi connectivity index (χ0) is 18.3. The highest BCUT2D eigenvalue weighted by Crippen LogP contribution is 2.45. The monoisotopic (exact) mass is 360 g/mol. The lowest BCUT2D eigenvalue weighted by atomic mass is 9.88. The van der Waals surface area contributed by atoms with Crippen molar-refractivity contribution in [3.63, 3.8) is 0 Å². The fourth-order valence-corrected chi connectivity index (χ4v) is 3.81. The Kier molecular flexibility index (Phi) is 2.81. The minimum atomic E-state index is -1.93. The van der Waals surface area contributed by atoms with Crippen molar-refractivity contribution in [2.24, 2.45) is 0 Å². The van der Waals surface area contributed by atoms with Crippen molar-refractivity contribution in [3.05, 3.63) is 71.3 Å². The average Bonchev–Trinajstić information content (AvgIpc) is 2.64. The van der Waals surface area contributed by atoms with E-state index in [0.717, 1.165) is 0 Å². The molecule has 0 nitrogen and oxygen atoms in total. The topological polar surface area (TPSA) is 0 Å². The molecule has 0 saturated heterocycles. The van der Waals surface area contributed by atoms with E-state index in [0.29, 0.717) is 10.8 Å². The lowest BCUT2D eigenvalue weighted by molar-refractivity contribution is 0.442. The van der Waals surface area contributed by atoms with Gasteiger partial charge in [-0.1, -0.05) is 36.4 Å². The molecule has 0 N–H and O–H groups in total. The highest BCUT2D eigenvalue weighted by Gasteiger charge is 2.29. The summed E-state index contributed by atoms with van der Waals surface area (Å²) >= 11 is 0. The predicted molar refractivity (Wildman–Crippen MR) is 87.4 cm³/mol. The first-order chi connectivity index (χ1) is 12.4. The van der Waals surface area contributed by atoms with Crippen LogP contribution in [0.25, 0.3) is 43.1 Å². The molecule has 6 heteroatoms. The van der Waals surface area contributed by atoms with Crippen molar-refractivity contribution in [3.8, 4) is 0 Å². The van der Waals surface area contributed by atoms with Crippen LogP contribution in [-0.4, -0.2) is 0 Å². The second kappa shape index (κ2) is 4.78. The van der Waals surface area contributed by atoms with Crippen LogP contribution in [0.2, 0.25) is 0 Å². The van der Waals surface area contributed by atoms with Crippen molar-refractivity contribution in [1.29, 1.82) is 0 Å². The second-order valence-electron chi connectivity index (χ2n) is 6.09. The van der Waals surface area contributed by atoms with Crippen molar-refractivity contribution < 1.29 is 26.3 Å². The first-order valence-electron chi connectivity index (χ1n) is 7.62. The van der Waals surface area contributed by atoms with Crippen LogP contribution in [0, 0.1) is 34.9 Å². The third kappa shape index (κ3) is 1.57. The van der Waals surface area contributed by atoms with E-state index in [1.165, 1.54) is 12.1 Å². The lowest BCUT2D eigenvalue weighted by Crippen LogP contribution is -2.03. The summed E-state index contributed by atoms with van der Waals surface area (Å²) in [5.74, 6) is -10.8. The van der Waals surface area contributed by atoms with Crippen LogP contribution in [0.3, 0.4) is 0 Å². The van der Waals surface area contributed by atoms with Crippen molar-refractivity contribution >= 4 is 43.1 Å². The molecule has 5 rings (SSSR count). The van der Waals surface area contributed by atoms with E-state index < -0.39 is 56.4 Å². The highest BCUT2D eigenvalue weighted by atomic mass is 19.2. The largest absolute Gasteiger partial charge is 0.203 e. The first kappa shape index (κ1) is 15.3. The Labute approximate surface area is 141 Å². The average molecular weight is 360 g/mol. The van der Waals surface area contributed by atoms with Crippen LogP contribution < -0.4 is 0 Å². The van der Waals surface area contributed by atoms with Crippen LogP contribution in [0.5, 0.6) is 0 Å². The molecule has 26 heavy (non-hydrogen) atoms. The molecule has 5 aromatic rings. The van der Waals surface area contributed by atoms with Crippen LogP contribution in [-0.2, 0) is 0 Å². The van der Waals surface area contributed by atoms with E-state index in [9.17, 15) is 26.3 Å². The molecule has 0 amide bonds. The van der Waals surface area contributed by atoms with Gasteiger partial charge >= 0.3 is 0 Å². The van der Waals surface area contributed by atoms with Gasteiger partial charge in [0.2, 0.25) is 0 Å². The summed E-state index contributed by atoms with van der Waals surface area (Å²) in [6.07, 6.45) is 0. The Morgan fingerprint density at radius 3 is 1.27 bits per heavy atom. The number of hydrogen-bond donors (Lipinski definition) is 0. The molecule has 0 heterocycles. The quantitative estimate of drug-likeness (QED) is 0.127. The molecule has 0 aliphatic heterocycles. The van der Waals surface area contributed by atoms with Crippen LogP contribution in [0.4, 0.5) is 26.3 Å². The Hall–Kier alpha value is -3.02. The van der Waals surface area contributed by atoms with Gasteiger partial charge < -0.3 is 0 Å². The molecule has 0 bridgehead atoms. The summed E-state index contributed by atoms with van der Waals surface area (Å²) in [4.78, 5) is 0. The smallest absolute Gasteiger partial charge is 0.195 e. The van der Waals surface area contributed by atoms with E-state index in [1.54, 1.807) is 24.3 Å². The Bertz CT molecular complexity index is 1290. The summed E-state index contributed by atoms with van der Waals surface area (Å²) in [6.45, 7) is 0. The predicted octanol–water partition coefficient (Wildman–Crippen LogP) is 6.57. The van der Waals surface area contributed by atoms with Gasteiger partial charge in [0, 0.05) is 16.2 Å². The molecule has 0 aromatic heterocycles. The van der Waals surface area contributed by atoms with Crippen molar-refractivity contribution in [1.82, 2.24) is 0 Å². The van der Waals surface area contributed by atoms with Gasteiger partial charge in [0.25, 0.3) is 0 Å². The van der Waals surface area contributed by atoms with Crippen LogP contribution in [0.15, 0.2) is 36.4 Å². The third-order valence-electron chi connectivity index (χ3n) is 4.84. The van der Waals surface area contributed by atoms with E-state index >= 15 is 0 Å². The summed E-state index contributed by atoms with van der Waals surface area (Å²) in [5.41, 5.74) is 0. The van der Waals surface area contributed by atoms with Gasteiger partial charge in [0.1, 0.15) is 0 Å². The molecule has 0 radical (unpaired) electrons. The molecule has 0 unspecified atom stereocenters. The number of benzene rings is 5. The zero-order valence-corrected chi connectivity index (χ0v) is 12.7. The standard InChI is InChI=1S/C20H6F6/c21-15-11-8-5-1-3-7-4-2-6-9(10(7)8)12-13(11)14(17(23)19(15)25)18(24)20(26)16(12)22/h1-6H. The summed E-state index contributed by atoms with van der Waals surface area (Å²) < 4.78 is 86.0. The number of hydrogen-bond acceptors (Lipinski definition) is 0. The van der Waals surface area contributed by atoms with E-state index in [-0.39, 0.29) is 10.8 Å². The van der Waals surface area contributed by atoms with Crippen molar-refractivity contribution in [2.75, 3.05) is 0 Å². The van der Waals surface area contributed by atoms with Crippen LogP contribution in [0.1, 0.15) is 0 Å². The number of rotatable bonds is 0. The molecule has 0 saturated carbocycles. The van der Waals surface area contributed by atoms with E-state index in [2.05, 4.69) is 0 Å². The van der Waals surface area contributed by atoms with Crippen LogP contribution >= 0.6 is 0 Å². The molecule has 5 aromatic carbocycles. The van der Waals surface area contributed by atoms with Gasteiger partial charge in [-0.05, 0) is 21.5 Å². The third-order valence-corrected chi connectivity index (χ3v) is 4.84. The minimum Gasteiger partial charge on any atom is -0.203 e. The van der Waals surface area contributed by atoms with Gasteiger partial charge in [0.15, 0.2) is 34.9 Å². The molecule has 128 valence electrons. The van der Waals surface area contributed by atoms with E-state index in [4.69, 9.17) is 0 Å². The minimum absolute atomic E-state index is 0.164. The fourth-order valence-electron chi connectivity index (χ4n) is 3.81. The summed E-state index contributed by atoms with van der Waals surface area (Å²) in [6, 6.07) is 9.36. The zero-order valence-electron chi connectivity index (χ0n) is 12.7. The Morgan fingerprint density at radius 2 is 0.808 bits per heavy atom. The molecular weight excluding hydrogens is 354 g/mol. The molecule has 0 atom stereocenters.